The number of carbonyl (C=O) groups excluding carboxylic acids is 2. The number of piperidine rings is 1. The van der Waals surface area contributed by atoms with Crippen LogP contribution in [-0.4, -0.2) is 52.8 Å². The van der Waals surface area contributed by atoms with Gasteiger partial charge in [-0.25, -0.2) is 0 Å². The Labute approximate surface area is 223 Å². The van der Waals surface area contributed by atoms with E-state index >= 15 is 0 Å². The number of unbranched alkanes of at least 4 members (excludes halogenated alkanes) is 3. The van der Waals surface area contributed by atoms with Crippen molar-refractivity contribution in [2.75, 3.05) is 19.6 Å². The molecule has 2 heterocycles. The number of nitrogens with one attached hydrogen (secondary N) is 1. The smallest absolute Gasteiger partial charge is 0.246 e. The Morgan fingerprint density at radius 1 is 0.892 bits per heavy atom. The van der Waals surface area contributed by atoms with Crippen LogP contribution in [-0.2, 0) is 22.6 Å². The summed E-state index contributed by atoms with van der Waals surface area (Å²) < 4.78 is 0. The third-order valence-electron chi connectivity index (χ3n) is 8.19. The molecule has 200 valence electrons. The Morgan fingerprint density at radius 3 is 2.24 bits per heavy atom. The lowest BCUT2D eigenvalue weighted by atomic mass is 9.80. The Balaban J connectivity index is 1.32. The standard InChI is InChI=1S/C32H45N3O2/c1-25(2)23-29-30(36)35(24-28-16-14-26(3)15-17-28)32(31(37)33-29)18-21-34(22-19-32)20-10-5-4-7-11-27-12-8-6-9-13-27/h6,8-9,12-17,25,29H,4-5,7,10-11,18-24H2,1-3H3,(H,33,37)/t29-/m0/s1. The maximum atomic E-state index is 13.7. The van der Waals surface area contributed by atoms with Crippen molar-refractivity contribution in [3.05, 3.63) is 71.3 Å². The molecule has 2 saturated heterocycles. The summed E-state index contributed by atoms with van der Waals surface area (Å²) in [5, 5.41) is 3.13. The van der Waals surface area contributed by atoms with Crippen LogP contribution < -0.4 is 5.32 Å². The molecule has 0 radical (unpaired) electrons. The molecule has 5 heteroatoms. The number of aryl methyl sites for hydroxylation is 2. The quantitative estimate of drug-likeness (QED) is 0.412. The van der Waals surface area contributed by atoms with E-state index in [0.29, 0.717) is 31.7 Å². The summed E-state index contributed by atoms with van der Waals surface area (Å²) in [7, 11) is 0. The normalized spacial score (nSPS) is 20.0. The first-order valence-corrected chi connectivity index (χ1v) is 14.3. The van der Waals surface area contributed by atoms with Crippen LogP contribution >= 0.6 is 0 Å². The largest absolute Gasteiger partial charge is 0.342 e. The summed E-state index contributed by atoms with van der Waals surface area (Å²) in [5.74, 6) is 0.477. The molecule has 5 nitrogen and oxygen atoms in total. The van der Waals surface area contributed by atoms with Gasteiger partial charge in [0, 0.05) is 19.6 Å². The summed E-state index contributed by atoms with van der Waals surface area (Å²) in [6.45, 7) is 9.59. The van der Waals surface area contributed by atoms with Crippen molar-refractivity contribution in [3.63, 3.8) is 0 Å². The van der Waals surface area contributed by atoms with Crippen LogP contribution in [0.2, 0.25) is 0 Å². The van der Waals surface area contributed by atoms with Gasteiger partial charge < -0.3 is 15.1 Å². The first kappa shape index (κ1) is 27.4. The molecule has 2 aromatic rings. The van der Waals surface area contributed by atoms with Gasteiger partial charge >= 0.3 is 0 Å². The van der Waals surface area contributed by atoms with Crippen LogP contribution in [0.25, 0.3) is 0 Å². The molecule has 2 fully saturated rings. The molecule has 2 amide bonds. The van der Waals surface area contributed by atoms with Crippen molar-refractivity contribution in [3.8, 4) is 0 Å². The van der Waals surface area contributed by atoms with Crippen LogP contribution in [0, 0.1) is 12.8 Å². The number of rotatable bonds is 11. The van der Waals surface area contributed by atoms with Gasteiger partial charge in [0.15, 0.2) is 0 Å². The minimum Gasteiger partial charge on any atom is -0.342 e. The molecule has 2 aliphatic rings. The lowest BCUT2D eigenvalue weighted by Crippen LogP contribution is -2.72. The van der Waals surface area contributed by atoms with Gasteiger partial charge in [0.05, 0.1) is 0 Å². The molecule has 1 atom stereocenters. The zero-order valence-corrected chi connectivity index (χ0v) is 23.0. The number of piperazine rings is 1. The van der Waals surface area contributed by atoms with Gasteiger partial charge in [-0.1, -0.05) is 86.8 Å². The van der Waals surface area contributed by atoms with Crippen molar-refractivity contribution in [2.45, 2.75) is 90.3 Å². The van der Waals surface area contributed by atoms with Gasteiger partial charge in [-0.05, 0) is 69.0 Å². The average molecular weight is 504 g/mol. The van der Waals surface area contributed by atoms with Crippen molar-refractivity contribution in [2.24, 2.45) is 5.92 Å². The molecular formula is C32H45N3O2. The van der Waals surface area contributed by atoms with E-state index in [1.165, 1.54) is 36.8 Å². The van der Waals surface area contributed by atoms with Gasteiger partial charge in [-0.3, -0.25) is 9.59 Å². The molecule has 1 spiro atoms. The molecule has 37 heavy (non-hydrogen) atoms. The number of amides is 2. The third kappa shape index (κ3) is 7.01. The van der Waals surface area contributed by atoms with Gasteiger partial charge in [0.25, 0.3) is 0 Å². The number of likely N-dealkylation sites (tertiary alicyclic amines) is 1. The van der Waals surface area contributed by atoms with E-state index in [1.54, 1.807) is 0 Å². The molecule has 1 N–H and O–H groups in total. The van der Waals surface area contributed by atoms with Gasteiger partial charge in [-0.15, -0.1) is 0 Å². The van der Waals surface area contributed by atoms with E-state index in [4.69, 9.17) is 0 Å². The molecule has 0 aliphatic carbocycles. The second kappa shape index (κ2) is 12.7. The highest BCUT2D eigenvalue weighted by molar-refractivity contribution is 6.00. The van der Waals surface area contributed by atoms with Crippen molar-refractivity contribution >= 4 is 11.8 Å². The fourth-order valence-corrected chi connectivity index (χ4v) is 5.92. The van der Waals surface area contributed by atoms with Crippen molar-refractivity contribution in [1.82, 2.24) is 15.1 Å². The first-order chi connectivity index (χ1) is 17.9. The van der Waals surface area contributed by atoms with E-state index in [0.717, 1.165) is 31.6 Å². The van der Waals surface area contributed by atoms with Gasteiger partial charge in [-0.2, -0.15) is 0 Å². The lowest BCUT2D eigenvalue weighted by molar-refractivity contribution is -0.162. The number of carbonyl (C=O) groups is 2. The Kier molecular flexibility index (Phi) is 9.42. The molecule has 4 rings (SSSR count). The summed E-state index contributed by atoms with van der Waals surface area (Å²) in [6.07, 6.45) is 8.18. The van der Waals surface area contributed by atoms with Crippen molar-refractivity contribution in [1.29, 1.82) is 0 Å². The first-order valence-electron chi connectivity index (χ1n) is 14.3. The second-order valence-corrected chi connectivity index (χ2v) is 11.6. The molecule has 2 aromatic carbocycles. The zero-order valence-electron chi connectivity index (χ0n) is 23.0. The fraction of sp³-hybridized carbons (Fsp3) is 0.562. The van der Waals surface area contributed by atoms with Crippen LogP contribution in [0.15, 0.2) is 54.6 Å². The number of nitrogens with zero attached hydrogens (tertiary/aromatic N) is 2. The summed E-state index contributed by atoms with van der Waals surface area (Å²) in [5.41, 5.74) is 2.98. The SMILES string of the molecule is Cc1ccc(CN2C(=O)[C@H](CC(C)C)NC(=O)C23CCN(CCCCCCc2ccccc2)CC3)cc1. The number of benzene rings is 2. The minimum absolute atomic E-state index is 0.0467. The van der Waals surface area contributed by atoms with Crippen LogP contribution in [0.4, 0.5) is 0 Å². The summed E-state index contributed by atoms with van der Waals surface area (Å²) >= 11 is 0. The number of hydrogen-bond acceptors (Lipinski definition) is 3. The van der Waals surface area contributed by atoms with Gasteiger partial charge in [0.2, 0.25) is 11.8 Å². The summed E-state index contributed by atoms with van der Waals surface area (Å²) in [6, 6.07) is 18.7. The molecule has 2 aliphatic heterocycles. The van der Waals surface area contributed by atoms with Gasteiger partial charge in [0.1, 0.15) is 11.6 Å². The predicted octanol–water partition coefficient (Wildman–Crippen LogP) is 5.51. The van der Waals surface area contributed by atoms with E-state index < -0.39 is 11.6 Å². The topological polar surface area (TPSA) is 52.7 Å². The molecule has 0 bridgehead atoms. The van der Waals surface area contributed by atoms with Crippen LogP contribution in [0.1, 0.15) is 75.5 Å². The fourth-order valence-electron chi connectivity index (χ4n) is 5.92. The second-order valence-electron chi connectivity index (χ2n) is 11.6. The highest BCUT2D eigenvalue weighted by Crippen LogP contribution is 2.35. The lowest BCUT2D eigenvalue weighted by Gasteiger charge is -2.52. The van der Waals surface area contributed by atoms with E-state index in [9.17, 15) is 9.59 Å². The third-order valence-corrected chi connectivity index (χ3v) is 8.19. The monoisotopic (exact) mass is 503 g/mol. The van der Waals surface area contributed by atoms with E-state index in [1.807, 2.05) is 4.90 Å². The number of hydrogen-bond donors (Lipinski definition) is 1. The highest BCUT2D eigenvalue weighted by Gasteiger charge is 2.53. The van der Waals surface area contributed by atoms with Crippen molar-refractivity contribution < 1.29 is 9.59 Å². The molecule has 0 unspecified atom stereocenters. The molecular weight excluding hydrogens is 458 g/mol. The maximum absolute atomic E-state index is 13.7. The Bertz CT molecular complexity index is 1010. The van der Waals surface area contributed by atoms with Crippen LogP contribution in [0.5, 0.6) is 0 Å². The zero-order chi connectivity index (χ0) is 26.3. The Morgan fingerprint density at radius 2 is 1.57 bits per heavy atom. The van der Waals surface area contributed by atoms with Crippen LogP contribution in [0.3, 0.4) is 0 Å². The molecule has 0 aromatic heterocycles. The maximum Gasteiger partial charge on any atom is 0.246 e. The van der Waals surface area contributed by atoms with E-state index in [2.05, 4.69) is 85.6 Å². The van der Waals surface area contributed by atoms with E-state index in [-0.39, 0.29) is 11.8 Å². The summed E-state index contributed by atoms with van der Waals surface area (Å²) in [4.78, 5) is 31.7. The minimum atomic E-state index is -0.734. The highest BCUT2D eigenvalue weighted by atomic mass is 16.2. The molecule has 0 saturated carbocycles. The predicted molar refractivity (Wildman–Crippen MR) is 150 cm³/mol. The Hall–Kier alpha value is -2.66. The average Bonchev–Trinajstić information content (AvgIpc) is 2.89.